The Bertz CT molecular complexity index is 704. The third-order valence-corrected chi connectivity index (χ3v) is 5.32. The summed E-state index contributed by atoms with van der Waals surface area (Å²) >= 11 is 0. The number of carbonyl (C=O) groups excluding carboxylic acids is 3. The number of rotatable bonds is 4. The van der Waals surface area contributed by atoms with Crippen molar-refractivity contribution in [3.8, 4) is 0 Å². The minimum absolute atomic E-state index is 0.0330. The Morgan fingerprint density at radius 1 is 1.15 bits per heavy atom. The number of amides is 3. The Morgan fingerprint density at radius 2 is 1.77 bits per heavy atom. The molecule has 3 amide bonds. The normalized spacial score (nSPS) is 30.0. The summed E-state index contributed by atoms with van der Waals surface area (Å²) in [6.07, 6.45) is 1.21. The first-order valence-electron chi connectivity index (χ1n) is 9.17. The van der Waals surface area contributed by atoms with Crippen molar-refractivity contribution in [2.45, 2.75) is 33.2 Å². The smallest absolute Gasteiger partial charge is 0.296 e. The van der Waals surface area contributed by atoms with Gasteiger partial charge in [0.25, 0.3) is 17.8 Å². The largest absolute Gasteiger partial charge is 0.333 e. The Hall–Kier alpha value is -2.09. The SMILES string of the molecule is CC(=O)C[N+]1=C(CN2CC(C)CC(C)C2)N=C2C1C(=O)N(C)C(=O)N2C. The second-order valence-electron chi connectivity index (χ2n) is 8.00. The van der Waals surface area contributed by atoms with Gasteiger partial charge in [0.2, 0.25) is 0 Å². The summed E-state index contributed by atoms with van der Waals surface area (Å²) < 4.78 is 1.77. The molecule has 0 aliphatic carbocycles. The Kier molecular flexibility index (Phi) is 4.96. The first-order chi connectivity index (χ1) is 12.2. The molecular weight excluding hydrogens is 334 g/mol. The van der Waals surface area contributed by atoms with Gasteiger partial charge in [-0.25, -0.2) is 9.37 Å². The molecule has 3 atom stereocenters. The highest BCUT2D eigenvalue weighted by Crippen LogP contribution is 2.23. The molecule has 0 bridgehead atoms. The van der Waals surface area contributed by atoms with Gasteiger partial charge in [0.1, 0.15) is 13.1 Å². The van der Waals surface area contributed by atoms with Crippen LogP contribution in [0.15, 0.2) is 4.99 Å². The monoisotopic (exact) mass is 362 g/mol. The van der Waals surface area contributed by atoms with Crippen LogP contribution in [-0.2, 0) is 9.59 Å². The predicted octanol–water partition coefficient (Wildman–Crippen LogP) is 0.269. The molecule has 0 aromatic heterocycles. The van der Waals surface area contributed by atoms with Crippen LogP contribution in [0.25, 0.3) is 0 Å². The fraction of sp³-hybridized carbons (Fsp3) is 0.722. The van der Waals surface area contributed by atoms with Gasteiger partial charge >= 0.3 is 11.9 Å². The van der Waals surface area contributed by atoms with Gasteiger partial charge in [-0.15, -0.1) is 0 Å². The van der Waals surface area contributed by atoms with Gasteiger partial charge in [0.05, 0.1) is 0 Å². The zero-order valence-electron chi connectivity index (χ0n) is 16.2. The summed E-state index contributed by atoms with van der Waals surface area (Å²) in [5.74, 6) is 1.97. The van der Waals surface area contributed by atoms with E-state index >= 15 is 0 Å². The van der Waals surface area contributed by atoms with Crippen molar-refractivity contribution in [3.05, 3.63) is 0 Å². The van der Waals surface area contributed by atoms with Crippen molar-refractivity contribution in [1.82, 2.24) is 14.7 Å². The highest BCUT2D eigenvalue weighted by molar-refractivity contribution is 6.23. The number of aliphatic imine (C=N–C) groups is 1. The van der Waals surface area contributed by atoms with Crippen molar-refractivity contribution in [2.24, 2.45) is 16.8 Å². The van der Waals surface area contributed by atoms with Gasteiger partial charge in [0.15, 0.2) is 5.78 Å². The fourth-order valence-corrected chi connectivity index (χ4v) is 4.32. The number of nitrogens with zero attached hydrogens (tertiary/aromatic N) is 5. The van der Waals surface area contributed by atoms with Crippen molar-refractivity contribution in [2.75, 3.05) is 40.3 Å². The summed E-state index contributed by atoms with van der Waals surface area (Å²) in [6, 6.07) is -1.09. The number of hydrogen-bond donors (Lipinski definition) is 0. The molecule has 3 heterocycles. The molecule has 3 rings (SSSR count). The second-order valence-corrected chi connectivity index (χ2v) is 8.00. The van der Waals surface area contributed by atoms with Crippen LogP contribution in [0.5, 0.6) is 0 Å². The number of likely N-dealkylation sites (N-methyl/N-ethyl adjacent to an activating group) is 2. The van der Waals surface area contributed by atoms with E-state index < -0.39 is 12.1 Å². The molecule has 0 aromatic carbocycles. The van der Waals surface area contributed by atoms with Gasteiger partial charge in [-0.05, 0) is 30.2 Å². The van der Waals surface area contributed by atoms with Crippen molar-refractivity contribution >= 4 is 29.4 Å². The highest BCUT2D eigenvalue weighted by atomic mass is 16.2. The lowest BCUT2D eigenvalue weighted by Crippen LogP contribution is -2.61. The van der Waals surface area contributed by atoms with E-state index in [1.165, 1.54) is 25.3 Å². The molecule has 142 valence electrons. The first kappa shape index (κ1) is 18.7. The lowest BCUT2D eigenvalue weighted by Gasteiger charge is -2.33. The van der Waals surface area contributed by atoms with E-state index in [1.54, 1.807) is 11.6 Å². The summed E-state index contributed by atoms with van der Waals surface area (Å²) in [7, 11) is 3.09. The summed E-state index contributed by atoms with van der Waals surface area (Å²) in [4.78, 5) is 46.2. The van der Waals surface area contributed by atoms with E-state index in [0.29, 0.717) is 30.1 Å². The van der Waals surface area contributed by atoms with E-state index in [2.05, 4.69) is 23.7 Å². The first-order valence-corrected chi connectivity index (χ1v) is 9.17. The zero-order valence-corrected chi connectivity index (χ0v) is 16.2. The van der Waals surface area contributed by atoms with E-state index in [0.717, 1.165) is 18.0 Å². The molecule has 0 N–H and O–H groups in total. The molecule has 3 aliphatic rings. The van der Waals surface area contributed by atoms with Crippen molar-refractivity contribution < 1.29 is 19.0 Å². The van der Waals surface area contributed by atoms with Crippen LogP contribution in [-0.4, -0.2) is 95.0 Å². The third-order valence-electron chi connectivity index (χ3n) is 5.32. The molecular formula is C18H28N5O3+. The van der Waals surface area contributed by atoms with Crippen LogP contribution in [0.2, 0.25) is 0 Å². The molecule has 0 aromatic rings. The number of carbonyl (C=O) groups is 3. The second kappa shape index (κ2) is 6.90. The third kappa shape index (κ3) is 3.30. The van der Waals surface area contributed by atoms with Gasteiger partial charge in [-0.2, -0.15) is 0 Å². The molecule has 8 nitrogen and oxygen atoms in total. The molecule has 3 aliphatic heterocycles. The Labute approximate surface area is 154 Å². The average molecular weight is 362 g/mol. The quantitative estimate of drug-likeness (QED) is 0.673. The summed E-state index contributed by atoms with van der Waals surface area (Å²) in [6.45, 7) is 8.64. The molecule has 3 unspecified atom stereocenters. The van der Waals surface area contributed by atoms with Crippen LogP contribution in [0, 0.1) is 11.8 Å². The highest BCUT2D eigenvalue weighted by Gasteiger charge is 2.53. The number of hydrogen-bond acceptors (Lipinski definition) is 5. The zero-order chi connectivity index (χ0) is 19.2. The maximum Gasteiger partial charge on any atom is 0.333 e. The van der Waals surface area contributed by atoms with Gasteiger partial charge in [0, 0.05) is 27.2 Å². The number of piperidine rings is 1. The predicted molar refractivity (Wildman–Crippen MR) is 97.4 cm³/mol. The van der Waals surface area contributed by atoms with Crippen LogP contribution in [0.4, 0.5) is 4.79 Å². The number of urea groups is 1. The average Bonchev–Trinajstić information content (AvgIpc) is 2.88. The molecule has 0 saturated carbocycles. The maximum atomic E-state index is 12.7. The summed E-state index contributed by atoms with van der Waals surface area (Å²) in [5, 5.41) is 0. The van der Waals surface area contributed by atoms with Crippen molar-refractivity contribution in [1.29, 1.82) is 0 Å². The molecule has 26 heavy (non-hydrogen) atoms. The van der Waals surface area contributed by atoms with Crippen molar-refractivity contribution in [3.63, 3.8) is 0 Å². The number of amidine groups is 2. The maximum absolute atomic E-state index is 12.7. The number of ketones is 1. The van der Waals surface area contributed by atoms with E-state index in [4.69, 9.17) is 0 Å². The molecule has 2 fully saturated rings. The fourth-order valence-electron chi connectivity index (χ4n) is 4.32. The van der Waals surface area contributed by atoms with Crippen LogP contribution >= 0.6 is 0 Å². The van der Waals surface area contributed by atoms with Crippen LogP contribution in [0.1, 0.15) is 27.2 Å². The Balaban J connectivity index is 1.93. The molecule has 8 heteroatoms. The van der Waals surface area contributed by atoms with Crippen LogP contribution < -0.4 is 0 Å². The lowest BCUT2D eigenvalue weighted by atomic mass is 9.92. The number of imide groups is 1. The molecule has 2 saturated heterocycles. The summed E-state index contributed by atoms with van der Waals surface area (Å²) in [5.41, 5.74) is 0. The lowest BCUT2D eigenvalue weighted by molar-refractivity contribution is -0.524. The minimum Gasteiger partial charge on any atom is -0.296 e. The van der Waals surface area contributed by atoms with Gasteiger partial charge in [-0.3, -0.25) is 24.3 Å². The Morgan fingerprint density at radius 3 is 2.35 bits per heavy atom. The minimum atomic E-state index is -0.693. The topological polar surface area (TPSA) is 76.3 Å². The number of fused-ring (bicyclic) bond motifs is 1. The molecule has 0 radical (unpaired) electrons. The standard InChI is InChI=1S/C18H28N5O3/c1-11-6-12(2)8-22(7-11)10-14-19-16-15(23(14)9-13(3)24)17(25)21(5)18(26)20(16)4/h11-12,15H,6-10H2,1-5H3/q+1. The van der Waals surface area contributed by atoms with Gasteiger partial charge in [-0.1, -0.05) is 13.8 Å². The number of Topliss-reactive ketones (excluding diaryl/α,β-unsaturated/α-hetero) is 1. The van der Waals surface area contributed by atoms with E-state index in [1.807, 2.05) is 0 Å². The number of likely N-dealkylation sites (tertiary alicyclic amines) is 1. The van der Waals surface area contributed by atoms with Gasteiger partial charge < -0.3 is 0 Å². The molecule has 0 spiro atoms. The van der Waals surface area contributed by atoms with E-state index in [-0.39, 0.29) is 18.2 Å². The van der Waals surface area contributed by atoms with E-state index in [9.17, 15) is 14.4 Å². The van der Waals surface area contributed by atoms with Crippen LogP contribution in [0.3, 0.4) is 0 Å².